The molecule has 55 heavy (non-hydrogen) atoms. The van der Waals surface area contributed by atoms with Crippen LogP contribution in [0.2, 0.25) is 0 Å². The first kappa shape index (κ1) is 54.0. The quantitative estimate of drug-likeness (QED) is 0.0281. The molecule has 0 aromatic carbocycles. The number of phosphoric ester groups is 1. The summed E-state index contributed by atoms with van der Waals surface area (Å²) in [4.78, 5) is 35.2. The number of carbonyl (C=O) groups excluding carboxylic acids is 2. The van der Waals surface area contributed by atoms with Crippen molar-refractivity contribution >= 4 is 19.8 Å². The Morgan fingerprint density at radius 3 is 1.16 bits per heavy atom. The van der Waals surface area contributed by atoms with Gasteiger partial charge in [0.25, 0.3) is 0 Å². The number of carbonyl (C=O) groups is 2. The number of hydrogen-bond donors (Lipinski definition) is 1. The van der Waals surface area contributed by atoms with Gasteiger partial charge in [0.1, 0.15) is 19.8 Å². The van der Waals surface area contributed by atoms with Gasteiger partial charge in [0.05, 0.1) is 27.7 Å². The molecule has 0 rings (SSSR count). The predicted molar refractivity (Wildman–Crippen MR) is 229 cm³/mol. The molecular weight excluding hydrogens is 713 g/mol. The summed E-state index contributed by atoms with van der Waals surface area (Å²) in [5.74, 6) is -0.789. The number of unbranched alkanes of at least 4 members (excludes halogenated alkanes) is 29. The van der Waals surface area contributed by atoms with Crippen LogP contribution in [0.25, 0.3) is 0 Å². The highest BCUT2D eigenvalue weighted by Crippen LogP contribution is 2.43. The maximum absolute atomic E-state index is 12.7. The summed E-state index contributed by atoms with van der Waals surface area (Å²) >= 11 is 0. The molecule has 0 heterocycles. The Hall–Kier alpha value is -0.990. The number of rotatable bonds is 43. The van der Waals surface area contributed by atoms with E-state index in [-0.39, 0.29) is 25.6 Å². The van der Waals surface area contributed by atoms with Crippen LogP contribution < -0.4 is 0 Å². The number of hydrogen-bond acceptors (Lipinski definition) is 7. The number of nitrogens with zero attached hydrogens (tertiary/aromatic N) is 1. The fourth-order valence-corrected chi connectivity index (χ4v) is 7.46. The van der Waals surface area contributed by atoms with E-state index < -0.39 is 26.5 Å². The number of likely N-dealkylation sites (N-methyl/N-ethyl adjacent to an activating group) is 1. The Labute approximate surface area is 340 Å². The van der Waals surface area contributed by atoms with Gasteiger partial charge >= 0.3 is 19.8 Å². The molecule has 0 spiro atoms. The first-order chi connectivity index (χ1) is 26.5. The smallest absolute Gasteiger partial charge is 0.462 e. The van der Waals surface area contributed by atoms with Gasteiger partial charge in [-0.2, -0.15) is 0 Å². The molecule has 1 unspecified atom stereocenters. The van der Waals surface area contributed by atoms with Gasteiger partial charge in [-0.15, -0.1) is 0 Å². The van der Waals surface area contributed by atoms with Crippen LogP contribution in [0.3, 0.4) is 0 Å². The van der Waals surface area contributed by atoms with E-state index in [9.17, 15) is 19.0 Å². The third-order valence-corrected chi connectivity index (χ3v) is 11.4. The molecule has 0 aromatic heterocycles. The number of quaternary nitrogens is 1. The van der Waals surface area contributed by atoms with E-state index in [4.69, 9.17) is 18.5 Å². The van der Waals surface area contributed by atoms with Crippen molar-refractivity contribution in [2.24, 2.45) is 0 Å². The molecule has 0 radical (unpaired) electrons. The van der Waals surface area contributed by atoms with E-state index in [0.717, 1.165) is 38.5 Å². The SMILES string of the molecule is CCCCCCCCCCCCCCCCCCCCCCCCCC(=O)O[C@H](COC(=O)CCCCCCCCCC)COP(=O)(O)OCC[N+](C)(C)C. The Balaban J connectivity index is 4.10. The van der Waals surface area contributed by atoms with Crippen molar-refractivity contribution < 1.29 is 42.1 Å². The van der Waals surface area contributed by atoms with E-state index in [1.54, 1.807) is 0 Å². The molecule has 0 bridgehead atoms. The van der Waals surface area contributed by atoms with E-state index >= 15 is 0 Å². The summed E-state index contributed by atoms with van der Waals surface area (Å²) in [5.41, 5.74) is 0. The second kappa shape index (κ2) is 38.5. The first-order valence-electron chi connectivity index (χ1n) is 23.3. The van der Waals surface area contributed by atoms with Crippen LogP contribution in [0.4, 0.5) is 0 Å². The van der Waals surface area contributed by atoms with Crippen LogP contribution in [0, 0.1) is 0 Å². The maximum Gasteiger partial charge on any atom is 0.472 e. The fraction of sp³-hybridized carbons (Fsp3) is 0.956. The van der Waals surface area contributed by atoms with Gasteiger partial charge in [-0.05, 0) is 12.8 Å². The van der Waals surface area contributed by atoms with E-state index in [0.29, 0.717) is 17.4 Å². The van der Waals surface area contributed by atoms with Gasteiger partial charge < -0.3 is 18.9 Å². The van der Waals surface area contributed by atoms with Gasteiger partial charge in [0.2, 0.25) is 0 Å². The number of esters is 2. The molecule has 2 atom stereocenters. The van der Waals surface area contributed by atoms with Crippen LogP contribution >= 0.6 is 7.82 Å². The molecule has 0 aliphatic carbocycles. The molecule has 0 saturated carbocycles. The van der Waals surface area contributed by atoms with Gasteiger partial charge in [0, 0.05) is 12.8 Å². The maximum atomic E-state index is 12.7. The zero-order valence-electron chi connectivity index (χ0n) is 36.9. The standard InChI is InChI=1S/C45H90NO8P/c1-6-8-10-12-14-16-17-18-19-20-21-22-23-24-25-26-27-28-29-30-32-34-36-38-45(48)54-43(42-53-55(49,50)52-40-39-46(3,4)5)41-51-44(47)37-35-33-31-15-13-11-9-7-2/h43H,6-42H2,1-5H3/p+1/t43-/m1/s1. The van der Waals surface area contributed by atoms with Crippen molar-refractivity contribution in [1.29, 1.82) is 0 Å². The van der Waals surface area contributed by atoms with Crippen molar-refractivity contribution in [3.63, 3.8) is 0 Å². The van der Waals surface area contributed by atoms with Crippen LogP contribution in [0.1, 0.15) is 226 Å². The van der Waals surface area contributed by atoms with Crippen molar-refractivity contribution in [3.8, 4) is 0 Å². The van der Waals surface area contributed by atoms with Gasteiger partial charge in [-0.3, -0.25) is 18.6 Å². The van der Waals surface area contributed by atoms with E-state index in [2.05, 4.69) is 13.8 Å². The third-order valence-electron chi connectivity index (χ3n) is 10.4. The summed E-state index contributed by atoms with van der Waals surface area (Å²) in [7, 11) is 1.49. The molecule has 0 aliphatic rings. The van der Waals surface area contributed by atoms with Crippen LogP contribution in [-0.2, 0) is 32.7 Å². The summed E-state index contributed by atoms with van der Waals surface area (Å²) in [6.07, 6.45) is 38.9. The average molecular weight is 805 g/mol. The lowest BCUT2D eigenvalue weighted by Gasteiger charge is -2.24. The minimum atomic E-state index is -4.36. The zero-order valence-corrected chi connectivity index (χ0v) is 37.8. The minimum Gasteiger partial charge on any atom is -0.462 e. The van der Waals surface area contributed by atoms with E-state index in [1.807, 2.05) is 21.1 Å². The Kier molecular flexibility index (Phi) is 37.8. The monoisotopic (exact) mass is 805 g/mol. The molecule has 0 fully saturated rings. The molecule has 10 heteroatoms. The lowest BCUT2D eigenvalue weighted by atomic mass is 10.0. The highest BCUT2D eigenvalue weighted by atomic mass is 31.2. The molecule has 328 valence electrons. The second-order valence-corrected chi connectivity index (χ2v) is 18.6. The van der Waals surface area contributed by atoms with Gasteiger partial charge in [-0.25, -0.2) is 4.57 Å². The van der Waals surface area contributed by atoms with E-state index in [1.165, 1.54) is 161 Å². The molecule has 0 saturated heterocycles. The van der Waals surface area contributed by atoms with Crippen LogP contribution in [-0.4, -0.2) is 74.9 Å². The Morgan fingerprint density at radius 1 is 0.491 bits per heavy atom. The molecular formula is C45H91NO8P+. The number of ether oxygens (including phenoxy) is 2. The number of phosphoric acid groups is 1. The zero-order chi connectivity index (χ0) is 40.7. The van der Waals surface area contributed by atoms with Crippen molar-refractivity contribution in [2.45, 2.75) is 232 Å². The molecule has 0 amide bonds. The topological polar surface area (TPSA) is 108 Å². The lowest BCUT2D eigenvalue weighted by Crippen LogP contribution is -2.37. The summed E-state index contributed by atoms with van der Waals surface area (Å²) in [6, 6.07) is 0. The molecule has 0 aliphatic heterocycles. The van der Waals surface area contributed by atoms with Gasteiger partial charge in [0.15, 0.2) is 6.10 Å². The van der Waals surface area contributed by atoms with Crippen molar-refractivity contribution in [3.05, 3.63) is 0 Å². The Morgan fingerprint density at radius 2 is 0.818 bits per heavy atom. The molecule has 9 nitrogen and oxygen atoms in total. The van der Waals surface area contributed by atoms with Crippen molar-refractivity contribution in [1.82, 2.24) is 0 Å². The summed E-state index contributed by atoms with van der Waals surface area (Å²) in [5, 5.41) is 0. The van der Waals surface area contributed by atoms with Crippen molar-refractivity contribution in [2.75, 3.05) is 47.5 Å². The second-order valence-electron chi connectivity index (χ2n) is 17.2. The average Bonchev–Trinajstić information content (AvgIpc) is 3.13. The fourth-order valence-electron chi connectivity index (χ4n) is 6.72. The highest BCUT2D eigenvalue weighted by Gasteiger charge is 2.27. The molecule has 0 aromatic rings. The van der Waals surface area contributed by atoms with Gasteiger partial charge in [-0.1, -0.05) is 200 Å². The minimum absolute atomic E-state index is 0.0366. The third kappa shape index (κ3) is 42.4. The Bertz CT molecular complexity index is 912. The van der Waals surface area contributed by atoms with Crippen LogP contribution in [0.5, 0.6) is 0 Å². The summed E-state index contributed by atoms with van der Waals surface area (Å²) < 4.78 is 34.2. The first-order valence-corrected chi connectivity index (χ1v) is 24.8. The predicted octanol–water partition coefficient (Wildman–Crippen LogP) is 13.2. The normalized spacial score (nSPS) is 13.5. The van der Waals surface area contributed by atoms with Crippen LogP contribution in [0.15, 0.2) is 0 Å². The molecule has 1 N–H and O–H groups in total. The summed E-state index contributed by atoms with van der Waals surface area (Å²) in [6.45, 7) is 4.43. The lowest BCUT2D eigenvalue weighted by molar-refractivity contribution is -0.870. The highest BCUT2D eigenvalue weighted by molar-refractivity contribution is 7.47. The largest absolute Gasteiger partial charge is 0.472 e.